The average Bonchev–Trinajstić information content (AvgIpc) is 2.26. The van der Waals surface area contributed by atoms with E-state index in [0.717, 1.165) is 38.5 Å². The van der Waals surface area contributed by atoms with Gasteiger partial charge < -0.3 is 5.11 Å². The number of hydrogen-bond donors (Lipinski definition) is 1. The van der Waals surface area contributed by atoms with Crippen molar-refractivity contribution >= 4 is 5.78 Å². The summed E-state index contributed by atoms with van der Waals surface area (Å²) in [6, 6.07) is 0. The van der Waals surface area contributed by atoms with Crippen LogP contribution in [0.3, 0.4) is 0 Å². The molecule has 2 nitrogen and oxygen atoms in total. The third kappa shape index (κ3) is 11.9. The van der Waals surface area contributed by atoms with Crippen molar-refractivity contribution < 1.29 is 9.90 Å². The van der Waals surface area contributed by atoms with Gasteiger partial charge in [0.25, 0.3) is 0 Å². The third-order valence-electron chi connectivity index (χ3n) is 3.26. The Morgan fingerprint density at radius 1 is 1.00 bits per heavy atom. The highest BCUT2D eigenvalue weighted by atomic mass is 16.3. The molecule has 0 aliphatic carbocycles. The number of aliphatic hydroxyl groups is 1. The lowest BCUT2D eigenvalue weighted by molar-refractivity contribution is -0.119. The summed E-state index contributed by atoms with van der Waals surface area (Å²) in [5.74, 6) is 1.09. The van der Waals surface area contributed by atoms with Gasteiger partial charge in [0.05, 0.1) is 6.10 Å². The van der Waals surface area contributed by atoms with E-state index in [1.807, 2.05) is 6.92 Å². The van der Waals surface area contributed by atoms with Gasteiger partial charge in [-0.15, -0.1) is 0 Å². The summed E-state index contributed by atoms with van der Waals surface area (Å²) in [7, 11) is 0. The summed E-state index contributed by atoms with van der Waals surface area (Å²) in [6.07, 6.45) is 9.10. The van der Waals surface area contributed by atoms with Crippen molar-refractivity contribution in [2.45, 2.75) is 84.7 Å². The zero-order valence-electron chi connectivity index (χ0n) is 11.9. The van der Waals surface area contributed by atoms with Crippen LogP contribution in [-0.2, 0) is 4.79 Å². The highest BCUT2D eigenvalue weighted by Crippen LogP contribution is 2.16. The van der Waals surface area contributed by atoms with E-state index < -0.39 is 0 Å². The summed E-state index contributed by atoms with van der Waals surface area (Å²) in [5.41, 5.74) is 0. The van der Waals surface area contributed by atoms with Crippen LogP contribution in [-0.4, -0.2) is 17.0 Å². The van der Waals surface area contributed by atoms with Crippen LogP contribution in [0.1, 0.15) is 78.6 Å². The second-order valence-corrected chi connectivity index (χ2v) is 5.42. The maximum atomic E-state index is 11.4. The largest absolute Gasteiger partial charge is 0.393 e. The molecule has 0 aromatic carbocycles. The molecule has 0 heterocycles. The summed E-state index contributed by atoms with van der Waals surface area (Å²) < 4.78 is 0. The van der Waals surface area contributed by atoms with E-state index >= 15 is 0 Å². The van der Waals surface area contributed by atoms with Crippen LogP contribution in [0.25, 0.3) is 0 Å². The maximum Gasteiger partial charge on any atom is 0.132 e. The number of Topliss-reactive ketones (excluding diaryl/α,β-unsaturated/α-hetero) is 1. The van der Waals surface area contributed by atoms with Gasteiger partial charge >= 0.3 is 0 Å². The molecule has 0 radical (unpaired) electrons. The minimum Gasteiger partial charge on any atom is -0.393 e. The zero-order valence-corrected chi connectivity index (χ0v) is 11.9. The third-order valence-corrected chi connectivity index (χ3v) is 3.26. The fourth-order valence-electron chi connectivity index (χ4n) is 2.06. The van der Waals surface area contributed by atoms with E-state index in [2.05, 4.69) is 13.8 Å². The van der Waals surface area contributed by atoms with Crippen molar-refractivity contribution in [1.29, 1.82) is 0 Å². The number of unbranched alkanes of at least 4 members (excludes halogenated alkanes) is 2. The minimum absolute atomic E-state index is 0.154. The number of hydrogen-bond acceptors (Lipinski definition) is 2. The molecule has 1 N–H and O–H groups in total. The number of aliphatic hydroxyl groups excluding tert-OH is 1. The van der Waals surface area contributed by atoms with Gasteiger partial charge in [0, 0.05) is 12.8 Å². The smallest absolute Gasteiger partial charge is 0.132 e. The maximum absolute atomic E-state index is 11.4. The Bertz CT molecular complexity index is 187. The molecule has 0 aromatic rings. The molecule has 0 spiro atoms. The SMILES string of the molecule is CCCC(=O)CCC(C)CCCCCC(C)O. The standard InChI is InChI=1S/C15H30O2/c1-4-8-15(17)12-11-13(2)9-6-5-7-10-14(3)16/h13-14,16H,4-12H2,1-3H3. The Balaban J connectivity index is 3.34. The van der Waals surface area contributed by atoms with Crippen LogP contribution < -0.4 is 0 Å². The highest BCUT2D eigenvalue weighted by molar-refractivity contribution is 5.78. The van der Waals surface area contributed by atoms with Crippen molar-refractivity contribution in [2.24, 2.45) is 5.92 Å². The Morgan fingerprint density at radius 2 is 1.65 bits per heavy atom. The lowest BCUT2D eigenvalue weighted by atomic mass is 9.96. The fraction of sp³-hybridized carbons (Fsp3) is 0.933. The van der Waals surface area contributed by atoms with Crippen LogP contribution in [0.15, 0.2) is 0 Å². The molecule has 17 heavy (non-hydrogen) atoms. The normalized spacial score (nSPS) is 14.6. The Labute approximate surface area is 107 Å². The Morgan fingerprint density at radius 3 is 2.24 bits per heavy atom. The predicted octanol–water partition coefficient (Wildman–Crippen LogP) is 4.10. The van der Waals surface area contributed by atoms with Crippen LogP contribution >= 0.6 is 0 Å². The van der Waals surface area contributed by atoms with Crippen molar-refractivity contribution in [3.63, 3.8) is 0 Å². The van der Waals surface area contributed by atoms with E-state index in [1.165, 1.54) is 19.3 Å². The molecule has 0 saturated carbocycles. The van der Waals surface area contributed by atoms with E-state index in [-0.39, 0.29) is 6.10 Å². The van der Waals surface area contributed by atoms with Gasteiger partial charge in [-0.05, 0) is 32.1 Å². The summed E-state index contributed by atoms with van der Waals surface area (Å²) in [4.78, 5) is 11.4. The summed E-state index contributed by atoms with van der Waals surface area (Å²) in [6.45, 7) is 6.15. The van der Waals surface area contributed by atoms with Gasteiger partial charge in [-0.1, -0.05) is 39.5 Å². The van der Waals surface area contributed by atoms with E-state index in [0.29, 0.717) is 11.7 Å². The molecule has 2 heteroatoms. The topological polar surface area (TPSA) is 37.3 Å². The molecule has 0 bridgehead atoms. The van der Waals surface area contributed by atoms with Gasteiger partial charge in [-0.2, -0.15) is 0 Å². The molecular weight excluding hydrogens is 212 g/mol. The van der Waals surface area contributed by atoms with Crippen LogP contribution in [0, 0.1) is 5.92 Å². The molecule has 0 aliphatic rings. The summed E-state index contributed by atoms with van der Waals surface area (Å²) in [5, 5.41) is 9.12. The second kappa shape index (κ2) is 10.8. The lowest BCUT2D eigenvalue weighted by Crippen LogP contribution is -2.02. The molecule has 0 aromatic heterocycles. The van der Waals surface area contributed by atoms with Gasteiger partial charge in [-0.25, -0.2) is 0 Å². The minimum atomic E-state index is -0.154. The molecule has 2 unspecified atom stereocenters. The quantitative estimate of drug-likeness (QED) is 0.554. The van der Waals surface area contributed by atoms with Crippen molar-refractivity contribution in [1.82, 2.24) is 0 Å². The van der Waals surface area contributed by atoms with Gasteiger partial charge in [0.15, 0.2) is 0 Å². The number of rotatable bonds is 11. The van der Waals surface area contributed by atoms with Gasteiger partial charge in [0.2, 0.25) is 0 Å². The van der Waals surface area contributed by atoms with Crippen LogP contribution in [0.5, 0.6) is 0 Å². The molecule has 0 saturated heterocycles. The number of ketones is 1. The molecule has 102 valence electrons. The number of carbonyl (C=O) groups is 1. The first-order valence-electron chi connectivity index (χ1n) is 7.26. The van der Waals surface area contributed by atoms with Crippen LogP contribution in [0.4, 0.5) is 0 Å². The molecule has 0 fully saturated rings. The zero-order chi connectivity index (χ0) is 13.1. The van der Waals surface area contributed by atoms with Crippen molar-refractivity contribution in [3.8, 4) is 0 Å². The van der Waals surface area contributed by atoms with Gasteiger partial charge in [-0.3, -0.25) is 4.79 Å². The molecule has 0 rings (SSSR count). The molecular formula is C15H30O2. The first-order chi connectivity index (χ1) is 8.06. The summed E-state index contributed by atoms with van der Waals surface area (Å²) >= 11 is 0. The van der Waals surface area contributed by atoms with E-state index in [9.17, 15) is 4.79 Å². The molecule has 0 amide bonds. The Kier molecular flexibility index (Phi) is 10.5. The fourth-order valence-corrected chi connectivity index (χ4v) is 2.06. The molecule has 2 atom stereocenters. The lowest BCUT2D eigenvalue weighted by Gasteiger charge is -2.10. The van der Waals surface area contributed by atoms with Crippen molar-refractivity contribution in [2.75, 3.05) is 0 Å². The first kappa shape index (κ1) is 16.6. The van der Waals surface area contributed by atoms with E-state index in [1.54, 1.807) is 0 Å². The van der Waals surface area contributed by atoms with E-state index in [4.69, 9.17) is 5.11 Å². The van der Waals surface area contributed by atoms with Gasteiger partial charge in [0.1, 0.15) is 5.78 Å². The molecule has 0 aliphatic heterocycles. The average molecular weight is 242 g/mol. The second-order valence-electron chi connectivity index (χ2n) is 5.42. The Hall–Kier alpha value is -0.370. The predicted molar refractivity (Wildman–Crippen MR) is 73.1 cm³/mol. The monoisotopic (exact) mass is 242 g/mol. The first-order valence-corrected chi connectivity index (χ1v) is 7.26. The highest BCUT2D eigenvalue weighted by Gasteiger charge is 2.06. The number of carbonyl (C=O) groups excluding carboxylic acids is 1. The van der Waals surface area contributed by atoms with Crippen LogP contribution in [0.2, 0.25) is 0 Å². The van der Waals surface area contributed by atoms with Crippen molar-refractivity contribution in [3.05, 3.63) is 0 Å².